The van der Waals surface area contributed by atoms with Gasteiger partial charge in [0.2, 0.25) is 0 Å². The number of hydrogen-bond acceptors (Lipinski definition) is 2. The van der Waals surface area contributed by atoms with Gasteiger partial charge in [-0.2, -0.15) is 0 Å². The van der Waals surface area contributed by atoms with Gasteiger partial charge in [-0.1, -0.05) is 12.1 Å². The smallest absolute Gasteiger partial charge is 0.335 e. The summed E-state index contributed by atoms with van der Waals surface area (Å²) in [6.07, 6.45) is 4.66. The van der Waals surface area contributed by atoms with E-state index < -0.39 is 5.97 Å². The second-order valence-electron chi connectivity index (χ2n) is 4.74. The Bertz CT molecular complexity index is 384. The lowest BCUT2D eigenvalue weighted by Gasteiger charge is -2.22. The summed E-state index contributed by atoms with van der Waals surface area (Å²) < 4.78 is 0. The van der Waals surface area contributed by atoms with Crippen LogP contribution in [-0.2, 0) is 6.42 Å². The standard InChI is InChI=1S/C14H19NO2/c16-14(17)13-3-1-2-12(10-13)5-4-11-6-8-15-9-7-11/h1-3,10-11,15H,4-9H2,(H,16,17). The molecule has 0 radical (unpaired) electrons. The molecule has 0 bridgehead atoms. The van der Waals surface area contributed by atoms with Crippen LogP contribution in [0.3, 0.4) is 0 Å². The number of carbonyl (C=O) groups is 1. The lowest BCUT2D eigenvalue weighted by Crippen LogP contribution is -2.27. The molecule has 1 aliphatic rings. The van der Waals surface area contributed by atoms with E-state index in [9.17, 15) is 4.79 Å². The molecule has 0 unspecified atom stereocenters. The maximum atomic E-state index is 10.9. The van der Waals surface area contributed by atoms with Crippen LogP contribution in [0.5, 0.6) is 0 Å². The molecular weight excluding hydrogens is 214 g/mol. The van der Waals surface area contributed by atoms with Crippen molar-refractivity contribution in [3.8, 4) is 0 Å². The van der Waals surface area contributed by atoms with Crippen LogP contribution < -0.4 is 5.32 Å². The van der Waals surface area contributed by atoms with E-state index in [0.717, 1.165) is 31.0 Å². The summed E-state index contributed by atoms with van der Waals surface area (Å²) in [6.45, 7) is 2.25. The van der Waals surface area contributed by atoms with Crippen molar-refractivity contribution < 1.29 is 9.90 Å². The Kier molecular flexibility index (Phi) is 4.15. The minimum Gasteiger partial charge on any atom is -0.478 e. The minimum absolute atomic E-state index is 0.396. The molecule has 0 atom stereocenters. The SMILES string of the molecule is O=C(O)c1cccc(CCC2CCNCC2)c1. The quantitative estimate of drug-likeness (QED) is 0.839. The second-order valence-corrected chi connectivity index (χ2v) is 4.74. The highest BCUT2D eigenvalue weighted by Crippen LogP contribution is 2.19. The second kappa shape index (κ2) is 5.82. The molecule has 2 N–H and O–H groups in total. The third kappa shape index (κ3) is 3.56. The maximum absolute atomic E-state index is 10.9. The third-order valence-corrected chi connectivity index (χ3v) is 3.47. The zero-order valence-corrected chi connectivity index (χ0v) is 9.98. The van der Waals surface area contributed by atoms with Crippen LogP contribution in [0.2, 0.25) is 0 Å². The van der Waals surface area contributed by atoms with Crippen molar-refractivity contribution in [3.05, 3.63) is 35.4 Å². The van der Waals surface area contributed by atoms with Crippen molar-refractivity contribution in [2.24, 2.45) is 5.92 Å². The molecule has 0 saturated carbocycles. The van der Waals surface area contributed by atoms with Crippen LogP contribution in [0.1, 0.15) is 35.2 Å². The predicted octanol–water partition coefficient (Wildman–Crippen LogP) is 2.32. The van der Waals surface area contributed by atoms with Gasteiger partial charge < -0.3 is 10.4 Å². The molecule has 0 aromatic heterocycles. The van der Waals surface area contributed by atoms with Gasteiger partial charge in [0.05, 0.1) is 5.56 Å². The van der Waals surface area contributed by atoms with Gasteiger partial charge in [-0.05, 0) is 62.4 Å². The van der Waals surface area contributed by atoms with E-state index in [1.165, 1.54) is 19.3 Å². The fourth-order valence-electron chi connectivity index (χ4n) is 2.40. The summed E-state index contributed by atoms with van der Waals surface area (Å²) in [6, 6.07) is 7.30. The molecule has 3 nitrogen and oxygen atoms in total. The van der Waals surface area contributed by atoms with Crippen LogP contribution in [-0.4, -0.2) is 24.2 Å². The van der Waals surface area contributed by atoms with Gasteiger partial charge in [0.1, 0.15) is 0 Å². The molecular formula is C14H19NO2. The summed E-state index contributed by atoms with van der Waals surface area (Å²) in [5, 5.41) is 12.3. The van der Waals surface area contributed by atoms with Crippen molar-refractivity contribution in [1.82, 2.24) is 5.32 Å². The van der Waals surface area contributed by atoms with Gasteiger partial charge in [-0.25, -0.2) is 4.79 Å². The Hall–Kier alpha value is -1.35. The first-order valence-corrected chi connectivity index (χ1v) is 6.28. The maximum Gasteiger partial charge on any atom is 0.335 e. The van der Waals surface area contributed by atoms with Crippen molar-refractivity contribution in [2.45, 2.75) is 25.7 Å². The van der Waals surface area contributed by atoms with Crippen LogP contribution in [0.15, 0.2) is 24.3 Å². The van der Waals surface area contributed by atoms with Gasteiger partial charge in [0, 0.05) is 0 Å². The number of carboxylic acid groups (broad SMARTS) is 1. The minimum atomic E-state index is -0.839. The Morgan fingerprint density at radius 1 is 1.35 bits per heavy atom. The number of aromatic carboxylic acids is 1. The number of piperidine rings is 1. The molecule has 1 saturated heterocycles. The molecule has 1 aliphatic heterocycles. The summed E-state index contributed by atoms with van der Waals surface area (Å²) in [7, 11) is 0. The summed E-state index contributed by atoms with van der Waals surface area (Å²) in [5.41, 5.74) is 1.54. The fraction of sp³-hybridized carbons (Fsp3) is 0.500. The Balaban J connectivity index is 1.89. The molecule has 0 spiro atoms. The predicted molar refractivity (Wildman–Crippen MR) is 67.3 cm³/mol. The molecule has 0 amide bonds. The Morgan fingerprint density at radius 2 is 2.12 bits per heavy atom. The summed E-state index contributed by atoms with van der Waals surface area (Å²) >= 11 is 0. The highest BCUT2D eigenvalue weighted by molar-refractivity contribution is 5.87. The highest BCUT2D eigenvalue weighted by atomic mass is 16.4. The van der Waals surface area contributed by atoms with Crippen molar-refractivity contribution in [1.29, 1.82) is 0 Å². The van der Waals surface area contributed by atoms with E-state index in [0.29, 0.717) is 5.56 Å². The normalized spacial score (nSPS) is 16.9. The van der Waals surface area contributed by atoms with Gasteiger partial charge >= 0.3 is 5.97 Å². The van der Waals surface area contributed by atoms with Crippen LogP contribution in [0.25, 0.3) is 0 Å². The molecule has 17 heavy (non-hydrogen) atoms. The first-order chi connectivity index (χ1) is 8.25. The first kappa shape index (κ1) is 12.1. The van der Waals surface area contributed by atoms with E-state index in [-0.39, 0.29) is 0 Å². The lowest BCUT2D eigenvalue weighted by molar-refractivity contribution is 0.0697. The average Bonchev–Trinajstić information content (AvgIpc) is 2.38. The number of hydrogen-bond donors (Lipinski definition) is 2. The van der Waals surface area contributed by atoms with Gasteiger partial charge in [0.25, 0.3) is 0 Å². The molecule has 92 valence electrons. The Morgan fingerprint density at radius 3 is 2.82 bits per heavy atom. The Labute approximate surface area is 102 Å². The number of rotatable bonds is 4. The zero-order valence-electron chi connectivity index (χ0n) is 9.98. The van der Waals surface area contributed by atoms with E-state index >= 15 is 0 Å². The zero-order chi connectivity index (χ0) is 12.1. The van der Waals surface area contributed by atoms with Gasteiger partial charge in [0.15, 0.2) is 0 Å². The highest BCUT2D eigenvalue weighted by Gasteiger charge is 2.13. The van der Waals surface area contributed by atoms with E-state index in [1.54, 1.807) is 12.1 Å². The first-order valence-electron chi connectivity index (χ1n) is 6.28. The monoisotopic (exact) mass is 233 g/mol. The lowest BCUT2D eigenvalue weighted by atomic mass is 9.91. The molecule has 2 rings (SSSR count). The van der Waals surface area contributed by atoms with Gasteiger partial charge in [-0.15, -0.1) is 0 Å². The molecule has 0 aliphatic carbocycles. The van der Waals surface area contributed by atoms with Crippen LogP contribution >= 0.6 is 0 Å². The van der Waals surface area contributed by atoms with Crippen molar-refractivity contribution >= 4 is 5.97 Å². The molecule has 1 aromatic carbocycles. The van der Waals surface area contributed by atoms with Gasteiger partial charge in [-0.3, -0.25) is 0 Å². The number of nitrogens with one attached hydrogen (secondary N) is 1. The molecule has 3 heteroatoms. The molecule has 1 heterocycles. The van der Waals surface area contributed by atoms with Crippen molar-refractivity contribution in [2.75, 3.05) is 13.1 Å². The van der Waals surface area contributed by atoms with Crippen LogP contribution in [0.4, 0.5) is 0 Å². The topological polar surface area (TPSA) is 49.3 Å². The average molecular weight is 233 g/mol. The fourth-order valence-corrected chi connectivity index (χ4v) is 2.40. The molecule has 1 fully saturated rings. The van der Waals surface area contributed by atoms with E-state index in [1.807, 2.05) is 12.1 Å². The number of aryl methyl sites for hydroxylation is 1. The van der Waals surface area contributed by atoms with E-state index in [4.69, 9.17) is 5.11 Å². The van der Waals surface area contributed by atoms with Crippen molar-refractivity contribution in [3.63, 3.8) is 0 Å². The summed E-state index contributed by atoms with van der Waals surface area (Å²) in [4.78, 5) is 10.9. The molecule has 1 aromatic rings. The van der Waals surface area contributed by atoms with Crippen LogP contribution in [0, 0.1) is 5.92 Å². The van der Waals surface area contributed by atoms with E-state index in [2.05, 4.69) is 5.32 Å². The summed E-state index contributed by atoms with van der Waals surface area (Å²) in [5.74, 6) is -0.0431. The number of benzene rings is 1. The third-order valence-electron chi connectivity index (χ3n) is 3.47. The largest absolute Gasteiger partial charge is 0.478 e. The number of carboxylic acids is 1.